The fraction of sp³-hybridized carbons (Fsp3) is 0. The van der Waals surface area contributed by atoms with E-state index in [9.17, 15) is 9.90 Å². The average Bonchev–Trinajstić information content (AvgIpc) is 2.93. The topological polar surface area (TPSA) is 55.1 Å². The number of carboxylic acids is 1. The van der Waals surface area contributed by atoms with Crippen molar-refractivity contribution in [3.8, 4) is 5.69 Å². The summed E-state index contributed by atoms with van der Waals surface area (Å²) in [6.07, 6.45) is 1.59. The maximum absolute atomic E-state index is 11.6. The third kappa shape index (κ3) is 2.83. The highest BCUT2D eigenvalue weighted by molar-refractivity contribution is 7.99. The van der Waals surface area contributed by atoms with E-state index in [0.717, 1.165) is 10.6 Å². The van der Waals surface area contributed by atoms with Crippen LogP contribution >= 0.6 is 11.8 Å². The van der Waals surface area contributed by atoms with Crippen LogP contribution in [0.5, 0.6) is 0 Å². The van der Waals surface area contributed by atoms with Crippen molar-refractivity contribution in [1.82, 2.24) is 9.78 Å². The molecule has 0 saturated carbocycles. The molecular weight excluding hydrogens is 284 g/mol. The minimum Gasteiger partial charge on any atom is -0.476 e. The van der Waals surface area contributed by atoms with Crippen LogP contribution in [0.2, 0.25) is 0 Å². The van der Waals surface area contributed by atoms with E-state index in [2.05, 4.69) is 5.10 Å². The lowest BCUT2D eigenvalue weighted by Crippen LogP contribution is -2.08. The van der Waals surface area contributed by atoms with Crippen molar-refractivity contribution in [2.45, 2.75) is 9.79 Å². The number of aromatic nitrogens is 2. The Balaban J connectivity index is 2.03. The number of nitrogens with zero attached hydrogens (tertiary/aromatic N) is 2. The number of rotatable bonds is 4. The molecule has 0 radical (unpaired) electrons. The first kappa shape index (κ1) is 13.5. The zero-order valence-electron chi connectivity index (χ0n) is 11.0. The third-order valence-corrected chi connectivity index (χ3v) is 3.94. The van der Waals surface area contributed by atoms with Gasteiger partial charge in [-0.3, -0.25) is 0 Å². The van der Waals surface area contributed by atoms with Crippen LogP contribution in [0, 0.1) is 0 Å². The number of hydrogen-bond acceptors (Lipinski definition) is 3. The molecule has 21 heavy (non-hydrogen) atoms. The molecule has 1 heterocycles. The van der Waals surface area contributed by atoms with Crippen LogP contribution in [-0.2, 0) is 0 Å². The molecule has 1 N–H and O–H groups in total. The number of aromatic carboxylic acids is 1. The predicted molar refractivity (Wildman–Crippen MR) is 81.1 cm³/mol. The van der Waals surface area contributed by atoms with Crippen molar-refractivity contribution < 1.29 is 9.90 Å². The first-order chi connectivity index (χ1) is 10.3. The van der Waals surface area contributed by atoms with E-state index in [-0.39, 0.29) is 5.69 Å². The van der Waals surface area contributed by atoms with Gasteiger partial charge in [-0.05, 0) is 24.3 Å². The Bertz CT molecular complexity index is 754. The van der Waals surface area contributed by atoms with E-state index in [0.29, 0.717) is 4.90 Å². The van der Waals surface area contributed by atoms with Crippen molar-refractivity contribution in [3.05, 3.63) is 72.6 Å². The van der Waals surface area contributed by atoms with Crippen molar-refractivity contribution >= 4 is 17.7 Å². The Hall–Kier alpha value is -2.53. The quantitative estimate of drug-likeness (QED) is 0.797. The van der Waals surface area contributed by atoms with Crippen molar-refractivity contribution in [2.75, 3.05) is 0 Å². The number of hydrogen-bond donors (Lipinski definition) is 1. The second kappa shape index (κ2) is 5.85. The highest BCUT2D eigenvalue weighted by Crippen LogP contribution is 2.31. The summed E-state index contributed by atoms with van der Waals surface area (Å²) in [5.41, 5.74) is 0.907. The second-order valence-electron chi connectivity index (χ2n) is 4.33. The highest BCUT2D eigenvalue weighted by atomic mass is 32.2. The van der Waals surface area contributed by atoms with Crippen LogP contribution in [0.15, 0.2) is 76.7 Å². The molecule has 0 aliphatic carbocycles. The zero-order chi connectivity index (χ0) is 14.7. The lowest BCUT2D eigenvalue weighted by atomic mass is 10.3. The summed E-state index contributed by atoms with van der Waals surface area (Å²) in [6.45, 7) is 0. The minimum atomic E-state index is -0.991. The molecule has 1 aromatic heterocycles. The summed E-state index contributed by atoms with van der Waals surface area (Å²) in [4.78, 5) is 13.2. The van der Waals surface area contributed by atoms with Gasteiger partial charge in [0.25, 0.3) is 0 Å². The fourth-order valence-electron chi connectivity index (χ4n) is 1.98. The Labute approximate surface area is 126 Å². The fourth-order valence-corrected chi connectivity index (χ4v) is 2.90. The van der Waals surface area contributed by atoms with E-state index in [1.807, 2.05) is 60.7 Å². The van der Waals surface area contributed by atoms with Crippen molar-refractivity contribution in [2.24, 2.45) is 0 Å². The van der Waals surface area contributed by atoms with Gasteiger partial charge in [-0.2, -0.15) is 5.10 Å². The lowest BCUT2D eigenvalue weighted by Gasteiger charge is -2.05. The molecule has 4 nitrogen and oxygen atoms in total. The van der Waals surface area contributed by atoms with Crippen LogP contribution in [0.3, 0.4) is 0 Å². The van der Waals surface area contributed by atoms with E-state index < -0.39 is 5.97 Å². The maximum Gasteiger partial charge on any atom is 0.355 e. The van der Waals surface area contributed by atoms with Crippen LogP contribution in [-0.4, -0.2) is 20.9 Å². The molecule has 0 fully saturated rings. The molecule has 0 saturated heterocycles. The van der Waals surface area contributed by atoms with Gasteiger partial charge in [0.05, 0.1) is 16.8 Å². The third-order valence-electron chi connectivity index (χ3n) is 2.91. The Kier molecular flexibility index (Phi) is 3.75. The van der Waals surface area contributed by atoms with Gasteiger partial charge in [0.15, 0.2) is 5.69 Å². The SMILES string of the molecule is O=C(O)c1c(Sc2ccccc2)cnn1-c1ccccc1. The van der Waals surface area contributed by atoms with Crippen LogP contribution in [0.4, 0.5) is 0 Å². The summed E-state index contributed by atoms with van der Waals surface area (Å²) < 4.78 is 1.45. The van der Waals surface area contributed by atoms with E-state index in [1.165, 1.54) is 16.4 Å². The van der Waals surface area contributed by atoms with E-state index in [1.54, 1.807) is 6.20 Å². The molecule has 0 atom stereocenters. The molecule has 2 aromatic carbocycles. The van der Waals surface area contributed by atoms with Gasteiger partial charge in [0, 0.05) is 4.90 Å². The summed E-state index contributed by atoms with van der Waals surface area (Å²) in [5, 5.41) is 13.7. The Morgan fingerprint density at radius 2 is 1.62 bits per heavy atom. The van der Waals surface area contributed by atoms with Gasteiger partial charge in [-0.25, -0.2) is 9.48 Å². The normalized spacial score (nSPS) is 10.5. The monoisotopic (exact) mass is 296 g/mol. The van der Waals surface area contributed by atoms with Gasteiger partial charge in [0.1, 0.15) is 0 Å². The molecule has 104 valence electrons. The molecule has 0 unspecified atom stereocenters. The van der Waals surface area contributed by atoms with Crippen LogP contribution in [0.25, 0.3) is 5.69 Å². The minimum absolute atomic E-state index is 0.176. The van der Waals surface area contributed by atoms with Crippen LogP contribution in [0.1, 0.15) is 10.5 Å². The zero-order valence-corrected chi connectivity index (χ0v) is 11.8. The molecule has 0 amide bonds. The molecule has 5 heteroatoms. The summed E-state index contributed by atoms with van der Waals surface area (Å²) in [6, 6.07) is 18.9. The first-order valence-corrected chi connectivity index (χ1v) is 7.17. The Morgan fingerprint density at radius 1 is 1.00 bits per heavy atom. The number of benzene rings is 2. The van der Waals surface area contributed by atoms with Gasteiger partial charge in [0.2, 0.25) is 0 Å². The van der Waals surface area contributed by atoms with Crippen LogP contribution < -0.4 is 0 Å². The largest absolute Gasteiger partial charge is 0.476 e. The summed E-state index contributed by atoms with van der Waals surface area (Å²) >= 11 is 1.39. The summed E-state index contributed by atoms with van der Waals surface area (Å²) in [5.74, 6) is -0.991. The molecule has 3 aromatic rings. The maximum atomic E-state index is 11.6. The molecule has 3 rings (SSSR count). The predicted octanol–water partition coefficient (Wildman–Crippen LogP) is 3.72. The van der Waals surface area contributed by atoms with Gasteiger partial charge in [-0.15, -0.1) is 0 Å². The summed E-state index contributed by atoms with van der Waals surface area (Å²) in [7, 11) is 0. The number of carbonyl (C=O) groups is 1. The smallest absolute Gasteiger partial charge is 0.355 e. The molecule has 0 bridgehead atoms. The molecular formula is C16H12N2O2S. The number of carboxylic acid groups (broad SMARTS) is 1. The molecule has 0 spiro atoms. The molecule has 0 aliphatic heterocycles. The van der Waals surface area contributed by atoms with E-state index in [4.69, 9.17) is 0 Å². The van der Waals surface area contributed by atoms with Crippen molar-refractivity contribution in [1.29, 1.82) is 0 Å². The lowest BCUT2D eigenvalue weighted by molar-refractivity contribution is 0.0683. The van der Waals surface area contributed by atoms with Crippen molar-refractivity contribution in [3.63, 3.8) is 0 Å². The molecule has 0 aliphatic rings. The second-order valence-corrected chi connectivity index (χ2v) is 5.44. The standard InChI is InChI=1S/C16H12N2O2S/c19-16(20)15-14(21-13-9-5-2-6-10-13)11-17-18(15)12-7-3-1-4-8-12/h1-11H,(H,19,20). The average molecular weight is 296 g/mol. The number of para-hydroxylation sites is 1. The highest BCUT2D eigenvalue weighted by Gasteiger charge is 2.19. The van der Waals surface area contributed by atoms with Gasteiger partial charge < -0.3 is 5.11 Å². The van der Waals surface area contributed by atoms with Gasteiger partial charge >= 0.3 is 5.97 Å². The van der Waals surface area contributed by atoms with E-state index >= 15 is 0 Å². The Morgan fingerprint density at radius 3 is 2.24 bits per heavy atom. The van der Waals surface area contributed by atoms with Gasteiger partial charge in [-0.1, -0.05) is 48.2 Å². The first-order valence-electron chi connectivity index (χ1n) is 6.35.